The second kappa shape index (κ2) is 9.41. The fourth-order valence-electron chi connectivity index (χ4n) is 6.02. The number of carbonyl (C=O) groups is 1. The number of rotatable bonds is 7. The van der Waals surface area contributed by atoms with Crippen LogP contribution in [0.25, 0.3) is 11.3 Å². The summed E-state index contributed by atoms with van der Waals surface area (Å²) in [5.74, 6) is 0.490. The molecule has 1 N–H and O–H groups in total. The lowest BCUT2D eigenvalue weighted by atomic mass is 9.98. The largest absolute Gasteiger partial charge is 0.478 e. The van der Waals surface area contributed by atoms with Crippen LogP contribution in [0.15, 0.2) is 40.9 Å². The molecule has 0 unspecified atom stereocenters. The quantitative estimate of drug-likeness (QED) is 0.383. The van der Waals surface area contributed by atoms with E-state index in [2.05, 4.69) is 15.0 Å². The Morgan fingerprint density at radius 3 is 2.50 bits per heavy atom. The van der Waals surface area contributed by atoms with Crippen LogP contribution in [0.1, 0.15) is 77.4 Å². The van der Waals surface area contributed by atoms with Gasteiger partial charge >= 0.3 is 12.1 Å². The van der Waals surface area contributed by atoms with Gasteiger partial charge in [0.15, 0.2) is 0 Å². The summed E-state index contributed by atoms with van der Waals surface area (Å²) in [5, 5.41) is 13.6. The molecular formula is C28H28F3N3O4. The fraction of sp³-hybridized carbons (Fsp3) is 0.464. The van der Waals surface area contributed by atoms with Gasteiger partial charge in [0.05, 0.1) is 23.8 Å². The van der Waals surface area contributed by atoms with Gasteiger partial charge in [0.25, 0.3) is 0 Å². The van der Waals surface area contributed by atoms with E-state index in [0.717, 1.165) is 44.6 Å². The zero-order chi connectivity index (χ0) is 26.6. The number of benzene rings is 1. The zero-order valence-electron chi connectivity index (χ0n) is 20.9. The second-order valence-corrected chi connectivity index (χ2v) is 10.5. The fourth-order valence-corrected chi connectivity index (χ4v) is 6.02. The molecule has 38 heavy (non-hydrogen) atoms. The Kier molecular flexibility index (Phi) is 6.17. The van der Waals surface area contributed by atoms with Gasteiger partial charge in [-0.25, -0.2) is 9.78 Å². The van der Waals surface area contributed by atoms with Crippen molar-refractivity contribution in [1.82, 2.24) is 10.1 Å². The van der Waals surface area contributed by atoms with E-state index in [1.165, 1.54) is 12.1 Å². The van der Waals surface area contributed by atoms with Crippen molar-refractivity contribution in [1.29, 1.82) is 0 Å². The summed E-state index contributed by atoms with van der Waals surface area (Å²) < 4.78 is 53.2. The maximum atomic E-state index is 13.8. The van der Waals surface area contributed by atoms with Crippen LogP contribution in [-0.2, 0) is 17.5 Å². The highest BCUT2D eigenvalue weighted by atomic mass is 19.4. The summed E-state index contributed by atoms with van der Waals surface area (Å²) in [6.07, 6.45) is 0.616. The Balaban J connectivity index is 1.22. The molecule has 3 atom stereocenters. The smallest absolute Gasteiger partial charge is 0.417 e. The van der Waals surface area contributed by atoms with Gasteiger partial charge in [-0.05, 0) is 63.6 Å². The van der Waals surface area contributed by atoms with Crippen LogP contribution in [0, 0.1) is 6.92 Å². The van der Waals surface area contributed by atoms with Gasteiger partial charge < -0.3 is 19.3 Å². The Morgan fingerprint density at radius 2 is 1.84 bits per heavy atom. The number of carboxylic acid groups (broad SMARTS) is 1. The van der Waals surface area contributed by atoms with Crippen LogP contribution >= 0.6 is 0 Å². The van der Waals surface area contributed by atoms with Gasteiger partial charge in [0, 0.05) is 34.8 Å². The minimum absolute atomic E-state index is 0.00361. The lowest BCUT2D eigenvalue weighted by molar-refractivity contribution is -0.137. The maximum Gasteiger partial charge on any atom is 0.417 e. The molecule has 10 heteroatoms. The van der Waals surface area contributed by atoms with Gasteiger partial charge in [-0.2, -0.15) is 13.2 Å². The number of aryl methyl sites for hydroxylation is 1. The predicted octanol–water partition coefficient (Wildman–Crippen LogP) is 6.36. The second-order valence-electron chi connectivity index (χ2n) is 10.5. The van der Waals surface area contributed by atoms with Crippen molar-refractivity contribution in [3.8, 4) is 11.3 Å². The van der Waals surface area contributed by atoms with E-state index >= 15 is 0 Å². The van der Waals surface area contributed by atoms with Crippen LogP contribution in [0.2, 0.25) is 0 Å². The molecule has 4 heterocycles. The molecule has 1 aromatic carbocycles. The lowest BCUT2D eigenvalue weighted by Crippen LogP contribution is -2.46. The number of anilines is 1. The van der Waals surface area contributed by atoms with Crippen molar-refractivity contribution in [3.05, 3.63) is 64.5 Å². The first-order valence-corrected chi connectivity index (χ1v) is 13.0. The molecule has 3 fully saturated rings. The standard InChI is InChI=1S/C28H28F3N3O4/c1-15-10-17(27(35)36)11-24(32-15)34-18-8-9-19(34)13-20(12-18)37-14-22-25(33-38-26(22)16-6-7-16)21-4-2-3-5-23(21)28(29,30)31/h2-5,10-11,16,18-20H,6-9,12-14H2,1H3,(H,35,36)/t18-,19+,20-. The number of piperidine rings is 1. The van der Waals surface area contributed by atoms with Crippen LogP contribution in [0.5, 0.6) is 0 Å². The number of halogens is 3. The Hall–Kier alpha value is -3.40. The van der Waals surface area contributed by atoms with Crippen molar-refractivity contribution in [3.63, 3.8) is 0 Å². The zero-order valence-corrected chi connectivity index (χ0v) is 20.9. The van der Waals surface area contributed by atoms with Gasteiger partial charge in [-0.15, -0.1) is 0 Å². The molecule has 0 amide bonds. The Labute approximate surface area is 217 Å². The number of fused-ring (bicyclic) bond motifs is 2. The molecule has 2 aromatic heterocycles. The number of aromatic carboxylic acids is 1. The number of carboxylic acids is 1. The highest BCUT2D eigenvalue weighted by Crippen LogP contribution is 2.46. The average molecular weight is 528 g/mol. The van der Waals surface area contributed by atoms with Crippen LogP contribution < -0.4 is 4.90 Å². The molecule has 2 saturated heterocycles. The molecule has 2 bridgehead atoms. The molecular weight excluding hydrogens is 499 g/mol. The number of alkyl halides is 3. The molecule has 6 rings (SSSR count). The summed E-state index contributed by atoms with van der Waals surface area (Å²) >= 11 is 0. The molecule has 1 saturated carbocycles. The third kappa shape index (κ3) is 4.66. The van der Waals surface area contributed by atoms with E-state index in [9.17, 15) is 23.1 Å². The normalized spacial score (nSPS) is 23.2. The van der Waals surface area contributed by atoms with Crippen molar-refractivity contribution < 1.29 is 32.3 Å². The van der Waals surface area contributed by atoms with E-state index in [1.54, 1.807) is 25.1 Å². The topological polar surface area (TPSA) is 88.7 Å². The number of hydrogen-bond acceptors (Lipinski definition) is 6. The highest BCUT2D eigenvalue weighted by Gasteiger charge is 2.43. The molecule has 0 spiro atoms. The van der Waals surface area contributed by atoms with Gasteiger partial charge in [-0.1, -0.05) is 23.4 Å². The third-order valence-electron chi connectivity index (χ3n) is 7.86. The van der Waals surface area contributed by atoms with Crippen LogP contribution in [0.3, 0.4) is 0 Å². The summed E-state index contributed by atoms with van der Waals surface area (Å²) in [5.41, 5.74) is 0.941. The van der Waals surface area contributed by atoms with Crippen LogP contribution in [0.4, 0.5) is 19.0 Å². The molecule has 2 aliphatic heterocycles. The Morgan fingerprint density at radius 1 is 1.13 bits per heavy atom. The molecule has 3 aromatic rings. The number of nitrogens with zero attached hydrogens (tertiary/aromatic N) is 3. The van der Waals surface area contributed by atoms with E-state index < -0.39 is 17.7 Å². The molecule has 3 aliphatic rings. The number of pyridine rings is 1. The summed E-state index contributed by atoms with van der Waals surface area (Å²) in [6.45, 7) is 1.92. The van der Waals surface area contributed by atoms with Crippen molar-refractivity contribution >= 4 is 11.8 Å². The molecule has 0 radical (unpaired) electrons. The van der Waals surface area contributed by atoms with E-state index in [4.69, 9.17) is 9.26 Å². The number of hydrogen-bond donors (Lipinski definition) is 1. The van der Waals surface area contributed by atoms with Crippen molar-refractivity contribution in [2.75, 3.05) is 4.90 Å². The number of ether oxygens (including phenoxy) is 1. The van der Waals surface area contributed by atoms with E-state index in [1.807, 2.05) is 0 Å². The minimum Gasteiger partial charge on any atom is -0.478 e. The van der Waals surface area contributed by atoms with E-state index in [-0.39, 0.29) is 47.5 Å². The van der Waals surface area contributed by atoms with Gasteiger partial charge in [-0.3, -0.25) is 0 Å². The minimum atomic E-state index is -4.51. The highest BCUT2D eigenvalue weighted by molar-refractivity contribution is 5.88. The molecule has 7 nitrogen and oxygen atoms in total. The lowest BCUT2D eigenvalue weighted by Gasteiger charge is -2.39. The first-order chi connectivity index (χ1) is 18.2. The summed E-state index contributed by atoms with van der Waals surface area (Å²) in [6, 6.07) is 8.95. The Bertz CT molecular complexity index is 1350. The SMILES string of the molecule is Cc1cc(C(=O)O)cc(N2[C@@H]3CC[C@H]2C[C@H](OCc2c(-c4ccccc4C(F)(F)F)noc2C2CC2)C3)n1. The first-order valence-electron chi connectivity index (χ1n) is 13.0. The monoisotopic (exact) mass is 527 g/mol. The number of aromatic nitrogens is 2. The van der Waals surface area contributed by atoms with E-state index in [0.29, 0.717) is 22.8 Å². The first kappa shape index (κ1) is 24.9. The maximum absolute atomic E-state index is 13.8. The van der Waals surface area contributed by atoms with Gasteiger partial charge in [0.2, 0.25) is 0 Å². The summed E-state index contributed by atoms with van der Waals surface area (Å²) in [4.78, 5) is 18.4. The van der Waals surface area contributed by atoms with Gasteiger partial charge in [0.1, 0.15) is 17.3 Å². The average Bonchev–Trinajstić information content (AvgIpc) is 3.57. The van der Waals surface area contributed by atoms with Crippen molar-refractivity contribution in [2.24, 2.45) is 0 Å². The third-order valence-corrected chi connectivity index (χ3v) is 7.86. The van der Waals surface area contributed by atoms with Crippen LogP contribution in [-0.4, -0.2) is 39.4 Å². The van der Waals surface area contributed by atoms with Crippen molar-refractivity contribution in [2.45, 2.75) is 82.3 Å². The molecule has 200 valence electrons. The summed E-state index contributed by atoms with van der Waals surface area (Å²) in [7, 11) is 0. The predicted molar refractivity (Wildman–Crippen MR) is 132 cm³/mol. The molecule has 1 aliphatic carbocycles.